The maximum atomic E-state index is 12.7. The van der Waals surface area contributed by atoms with Gasteiger partial charge >= 0.3 is 0 Å². The van der Waals surface area contributed by atoms with Crippen molar-refractivity contribution in [2.24, 2.45) is 11.8 Å². The number of carbonyl (C=O) groups excluding carboxylic acids is 1. The highest BCUT2D eigenvalue weighted by molar-refractivity contribution is 5.98. The van der Waals surface area contributed by atoms with Gasteiger partial charge in [-0.25, -0.2) is 0 Å². The number of hydrogen-bond acceptors (Lipinski definition) is 2. The van der Waals surface area contributed by atoms with Gasteiger partial charge in [0.25, 0.3) is 0 Å². The average molecular weight is 298 g/mol. The normalized spacial score (nSPS) is 13.7. The number of benzene rings is 1. The van der Waals surface area contributed by atoms with Crippen LogP contribution in [0.2, 0.25) is 0 Å². The predicted octanol–water partition coefficient (Wildman–Crippen LogP) is 4.30. The molecule has 0 saturated carbocycles. The second kappa shape index (κ2) is 9.95. The zero-order valence-corrected chi connectivity index (χ0v) is 14.0. The first kappa shape index (κ1) is 19.1. The minimum absolute atomic E-state index is 0. The third-order valence-corrected chi connectivity index (χ3v) is 3.71. The fourth-order valence-electron chi connectivity index (χ4n) is 2.72. The first-order chi connectivity index (χ1) is 9.10. The van der Waals surface area contributed by atoms with Gasteiger partial charge in [-0.1, -0.05) is 57.0 Å². The van der Waals surface area contributed by atoms with Crippen molar-refractivity contribution in [3.8, 4) is 0 Å². The van der Waals surface area contributed by atoms with Crippen LogP contribution in [0.1, 0.15) is 43.5 Å². The Kier molecular flexibility index (Phi) is 9.52. The molecule has 0 aliphatic rings. The summed E-state index contributed by atoms with van der Waals surface area (Å²) < 4.78 is 0. The van der Waals surface area contributed by atoms with E-state index in [0.29, 0.717) is 11.7 Å². The standard InChI is InChI=1S/C17H27NO.ClH/c1-5-10-14(6-2)16(13-18(3)4)17(19)15-11-8-7-9-12-15;/h7-9,11-12,14,16H,5-6,10,13H2,1-4H3;1H. The van der Waals surface area contributed by atoms with Crippen LogP contribution in [0.25, 0.3) is 0 Å². The number of Topliss-reactive ketones (excluding diaryl/α,β-unsaturated/α-hetero) is 1. The Labute approximate surface area is 130 Å². The molecule has 0 bridgehead atoms. The summed E-state index contributed by atoms with van der Waals surface area (Å²) in [6, 6.07) is 9.72. The van der Waals surface area contributed by atoms with Crippen molar-refractivity contribution < 1.29 is 4.79 Å². The van der Waals surface area contributed by atoms with E-state index in [4.69, 9.17) is 0 Å². The Morgan fingerprint density at radius 2 is 1.75 bits per heavy atom. The summed E-state index contributed by atoms with van der Waals surface area (Å²) in [7, 11) is 4.09. The zero-order valence-electron chi connectivity index (χ0n) is 13.1. The van der Waals surface area contributed by atoms with Gasteiger partial charge in [0.15, 0.2) is 5.78 Å². The van der Waals surface area contributed by atoms with Crippen LogP contribution in [0.5, 0.6) is 0 Å². The van der Waals surface area contributed by atoms with E-state index in [1.807, 2.05) is 44.4 Å². The van der Waals surface area contributed by atoms with Gasteiger partial charge in [-0.15, -0.1) is 12.4 Å². The molecule has 0 fully saturated rings. The van der Waals surface area contributed by atoms with Crippen LogP contribution < -0.4 is 0 Å². The molecule has 0 N–H and O–H groups in total. The second-order valence-electron chi connectivity index (χ2n) is 5.56. The summed E-state index contributed by atoms with van der Waals surface area (Å²) in [5, 5.41) is 0. The van der Waals surface area contributed by atoms with E-state index in [2.05, 4.69) is 18.7 Å². The quantitative estimate of drug-likeness (QED) is 0.667. The van der Waals surface area contributed by atoms with Gasteiger partial charge in [-0.05, 0) is 26.4 Å². The minimum Gasteiger partial charge on any atom is -0.309 e. The van der Waals surface area contributed by atoms with Gasteiger partial charge in [0.05, 0.1) is 0 Å². The monoisotopic (exact) mass is 297 g/mol. The molecular formula is C17H28ClNO. The largest absolute Gasteiger partial charge is 0.309 e. The van der Waals surface area contributed by atoms with Crippen LogP contribution in [0.4, 0.5) is 0 Å². The van der Waals surface area contributed by atoms with Crippen LogP contribution in [0.3, 0.4) is 0 Å². The fourth-order valence-corrected chi connectivity index (χ4v) is 2.72. The molecule has 20 heavy (non-hydrogen) atoms. The number of nitrogens with zero attached hydrogens (tertiary/aromatic N) is 1. The molecule has 3 heteroatoms. The molecule has 1 rings (SSSR count). The van der Waals surface area contributed by atoms with Gasteiger partial charge < -0.3 is 4.90 Å². The number of halogens is 1. The number of rotatable bonds is 8. The Hall–Kier alpha value is -0.860. The topological polar surface area (TPSA) is 20.3 Å². The lowest BCUT2D eigenvalue weighted by Gasteiger charge is -2.27. The average Bonchev–Trinajstić information content (AvgIpc) is 2.42. The summed E-state index contributed by atoms with van der Waals surface area (Å²) in [6.45, 7) is 5.23. The molecule has 0 saturated heterocycles. The molecule has 0 aromatic heterocycles. The Balaban J connectivity index is 0.00000361. The summed E-state index contributed by atoms with van der Waals surface area (Å²) in [5.41, 5.74) is 0.851. The molecule has 0 aliphatic carbocycles. The van der Waals surface area contributed by atoms with Gasteiger partial charge in [-0.2, -0.15) is 0 Å². The van der Waals surface area contributed by atoms with E-state index in [1.165, 1.54) is 0 Å². The van der Waals surface area contributed by atoms with E-state index in [1.54, 1.807) is 0 Å². The maximum absolute atomic E-state index is 12.7. The Bertz CT molecular complexity index is 378. The van der Waals surface area contributed by atoms with E-state index in [0.717, 1.165) is 31.4 Å². The minimum atomic E-state index is 0. The summed E-state index contributed by atoms with van der Waals surface area (Å²) >= 11 is 0. The highest BCUT2D eigenvalue weighted by atomic mass is 35.5. The molecule has 0 aliphatic heterocycles. The molecule has 2 unspecified atom stereocenters. The van der Waals surface area contributed by atoms with Crippen molar-refractivity contribution in [2.75, 3.05) is 20.6 Å². The number of ketones is 1. The van der Waals surface area contributed by atoms with Crippen molar-refractivity contribution in [3.05, 3.63) is 35.9 Å². The van der Waals surface area contributed by atoms with Gasteiger partial charge in [0, 0.05) is 18.0 Å². The van der Waals surface area contributed by atoms with Gasteiger partial charge in [-0.3, -0.25) is 4.79 Å². The van der Waals surface area contributed by atoms with Crippen molar-refractivity contribution in [1.29, 1.82) is 0 Å². The second-order valence-corrected chi connectivity index (χ2v) is 5.56. The summed E-state index contributed by atoms with van der Waals surface area (Å²) in [6.07, 6.45) is 3.35. The third kappa shape index (κ3) is 5.64. The molecule has 0 spiro atoms. The van der Waals surface area contributed by atoms with Crippen LogP contribution in [0, 0.1) is 11.8 Å². The van der Waals surface area contributed by atoms with Crippen molar-refractivity contribution in [2.45, 2.75) is 33.1 Å². The number of carbonyl (C=O) groups is 1. The molecule has 0 heterocycles. The van der Waals surface area contributed by atoms with E-state index < -0.39 is 0 Å². The lowest BCUT2D eigenvalue weighted by molar-refractivity contribution is 0.0827. The fraction of sp³-hybridized carbons (Fsp3) is 0.588. The van der Waals surface area contributed by atoms with E-state index in [-0.39, 0.29) is 18.3 Å². The lowest BCUT2D eigenvalue weighted by Crippen LogP contribution is -2.33. The smallest absolute Gasteiger partial charge is 0.167 e. The Morgan fingerprint density at radius 1 is 1.15 bits per heavy atom. The predicted molar refractivity (Wildman–Crippen MR) is 88.8 cm³/mol. The summed E-state index contributed by atoms with van der Waals surface area (Å²) in [4.78, 5) is 14.9. The van der Waals surface area contributed by atoms with Crippen LogP contribution in [-0.2, 0) is 0 Å². The van der Waals surface area contributed by atoms with Crippen molar-refractivity contribution >= 4 is 18.2 Å². The molecule has 1 aromatic rings. The van der Waals surface area contributed by atoms with E-state index >= 15 is 0 Å². The Morgan fingerprint density at radius 3 is 2.20 bits per heavy atom. The molecule has 2 atom stereocenters. The van der Waals surface area contributed by atoms with E-state index in [9.17, 15) is 4.79 Å². The van der Waals surface area contributed by atoms with Gasteiger partial charge in [0.1, 0.15) is 0 Å². The van der Waals surface area contributed by atoms with Crippen molar-refractivity contribution in [1.82, 2.24) is 4.90 Å². The molecular weight excluding hydrogens is 270 g/mol. The molecule has 0 amide bonds. The van der Waals surface area contributed by atoms with Crippen LogP contribution in [0.15, 0.2) is 30.3 Å². The SMILES string of the molecule is CCCC(CC)C(CN(C)C)C(=O)c1ccccc1.Cl. The molecule has 0 radical (unpaired) electrons. The first-order valence-corrected chi connectivity index (χ1v) is 7.34. The third-order valence-electron chi connectivity index (χ3n) is 3.71. The van der Waals surface area contributed by atoms with Crippen molar-refractivity contribution in [3.63, 3.8) is 0 Å². The lowest BCUT2D eigenvalue weighted by atomic mass is 9.81. The molecule has 114 valence electrons. The molecule has 1 aromatic carbocycles. The number of hydrogen-bond donors (Lipinski definition) is 0. The van der Waals surface area contributed by atoms with Crippen LogP contribution in [-0.4, -0.2) is 31.3 Å². The van der Waals surface area contributed by atoms with Gasteiger partial charge in [0.2, 0.25) is 0 Å². The highest BCUT2D eigenvalue weighted by Crippen LogP contribution is 2.25. The maximum Gasteiger partial charge on any atom is 0.167 e. The zero-order chi connectivity index (χ0) is 14.3. The highest BCUT2D eigenvalue weighted by Gasteiger charge is 2.27. The molecule has 2 nitrogen and oxygen atoms in total. The van der Waals surface area contributed by atoms with Crippen LogP contribution >= 0.6 is 12.4 Å². The first-order valence-electron chi connectivity index (χ1n) is 7.34. The summed E-state index contributed by atoms with van der Waals surface area (Å²) in [5.74, 6) is 0.900.